The van der Waals surface area contributed by atoms with Crippen LogP contribution in [-0.4, -0.2) is 48.5 Å². The number of hydrogen-bond acceptors (Lipinski definition) is 6. The second-order valence-electron chi connectivity index (χ2n) is 10.7. The maximum Gasteiger partial charge on any atom is 0.416 e. The molecule has 0 atom stereocenters. The van der Waals surface area contributed by atoms with Gasteiger partial charge in [0.25, 0.3) is 5.91 Å². The first kappa shape index (κ1) is 30.5. The molecule has 226 valence electrons. The van der Waals surface area contributed by atoms with E-state index in [1.807, 2.05) is 51.4 Å². The third-order valence-corrected chi connectivity index (χ3v) is 7.17. The first-order chi connectivity index (χ1) is 21.0. The summed E-state index contributed by atoms with van der Waals surface area (Å²) in [7, 11) is 5.73. The molecule has 44 heavy (non-hydrogen) atoms. The fraction of sp³-hybridized carbons (Fsp3) is 0.206. The molecule has 4 aromatic carbocycles. The molecule has 5 aromatic rings. The lowest BCUT2D eigenvalue weighted by atomic mass is 9.97. The highest BCUT2D eigenvalue weighted by Crippen LogP contribution is 2.37. The summed E-state index contributed by atoms with van der Waals surface area (Å²) < 4.78 is 46.8. The summed E-state index contributed by atoms with van der Waals surface area (Å²) in [5, 5.41) is 6.39. The van der Waals surface area contributed by atoms with Gasteiger partial charge in [-0.15, -0.1) is 0 Å². The number of nitrogens with one attached hydrogen (secondary N) is 2. The van der Waals surface area contributed by atoms with Crippen molar-refractivity contribution in [2.45, 2.75) is 19.5 Å². The normalized spacial score (nSPS) is 11.5. The molecule has 0 saturated heterocycles. The summed E-state index contributed by atoms with van der Waals surface area (Å²) >= 11 is 0. The van der Waals surface area contributed by atoms with E-state index in [9.17, 15) is 18.0 Å². The number of hydrogen-bond donors (Lipinski definition) is 2. The van der Waals surface area contributed by atoms with Crippen molar-refractivity contribution in [2.75, 3.05) is 38.3 Å². The van der Waals surface area contributed by atoms with Crippen molar-refractivity contribution in [2.24, 2.45) is 0 Å². The molecule has 0 aliphatic heterocycles. The summed E-state index contributed by atoms with van der Waals surface area (Å²) in [5.41, 5.74) is 3.72. The maximum absolute atomic E-state index is 13.6. The Morgan fingerprint density at radius 2 is 1.73 bits per heavy atom. The average Bonchev–Trinajstić information content (AvgIpc) is 3.00. The zero-order valence-electron chi connectivity index (χ0n) is 24.8. The monoisotopic (exact) mass is 599 g/mol. The highest BCUT2D eigenvalue weighted by molar-refractivity contribution is 6.06. The molecule has 0 fully saturated rings. The largest absolute Gasteiger partial charge is 0.455 e. The second-order valence-corrected chi connectivity index (χ2v) is 10.7. The van der Waals surface area contributed by atoms with Crippen molar-refractivity contribution in [1.82, 2.24) is 14.9 Å². The molecule has 1 amide bonds. The van der Waals surface area contributed by atoms with Crippen LogP contribution in [0.25, 0.3) is 22.0 Å². The van der Waals surface area contributed by atoms with Crippen LogP contribution in [0.3, 0.4) is 0 Å². The predicted molar refractivity (Wildman–Crippen MR) is 167 cm³/mol. The molecule has 0 radical (unpaired) electrons. The van der Waals surface area contributed by atoms with Crippen molar-refractivity contribution in [1.29, 1.82) is 0 Å². The smallest absolute Gasteiger partial charge is 0.416 e. The number of carbonyl (C=O) groups is 1. The van der Waals surface area contributed by atoms with Crippen LogP contribution in [0.1, 0.15) is 27.0 Å². The molecule has 1 heterocycles. The Labute approximate surface area is 253 Å². The summed E-state index contributed by atoms with van der Waals surface area (Å²) in [6.07, 6.45) is -2.04. The molecule has 0 saturated carbocycles. The van der Waals surface area contributed by atoms with E-state index in [1.165, 1.54) is 6.07 Å². The number of fused-ring (bicyclic) bond motifs is 1. The van der Waals surface area contributed by atoms with Gasteiger partial charge in [0, 0.05) is 30.7 Å². The Kier molecular flexibility index (Phi) is 8.82. The van der Waals surface area contributed by atoms with Crippen molar-refractivity contribution in [3.8, 4) is 22.6 Å². The Morgan fingerprint density at radius 3 is 2.43 bits per heavy atom. The number of rotatable bonds is 9. The van der Waals surface area contributed by atoms with E-state index in [-0.39, 0.29) is 17.0 Å². The highest BCUT2D eigenvalue weighted by atomic mass is 19.4. The number of anilines is 2. The number of aromatic nitrogens is 2. The van der Waals surface area contributed by atoms with Gasteiger partial charge >= 0.3 is 6.18 Å². The Balaban J connectivity index is 1.42. The Bertz CT molecular complexity index is 1800. The second kappa shape index (κ2) is 12.7. The summed E-state index contributed by atoms with van der Waals surface area (Å²) in [6, 6.07) is 21.2. The van der Waals surface area contributed by atoms with Crippen LogP contribution in [0.4, 0.5) is 24.8 Å². The van der Waals surface area contributed by atoms with Crippen molar-refractivity contribution < 1.29 is 22.7 Å². The predicted octanol–water partition coefficient (Wildman–Crippen LogP) is 7.81. The van der Waals surface area contributed by atoms with Gasteiger partial charge in [-0.1, -0.05) is 24.3 Å². The van der Waals surface area contributed by atoms with Gasteiger partial charge in [0.15, 0.2) is 5.75 Å². The fourth-order valence-corrected chi connectivity index (χ4v) is 4.69. The molecule has 0 spiro atoms. The molecule has 0 aliphatic carbocycles. The minimum atomic E-state index is -4.60. The number of halogens is 3. The van der Waals surface area contributed by atoms with E-state index in [0.29, 0.717) is 11.7 Å². The summed E-state index contributed by atoms with van der Waals surface area (Å²) in [4.78, 5) is 24.2. The van der Waals surface area contributed by atoms with Crippen molar-refractivity contribution in [3.05, 3.63) is 107 Å². The zero-order chi connectivity index (χ0) is 31.4. The molecule has 10 heteroatoms. The average molecular weight is 600 g/mol. The third kappa shape index (κ3) is 7.15. The van der Waals surface area contributed by atoms with Crippen LogP contribution in [0.15, 0.2) is 85.1 Å². The number of benzene rings is 4. The summed E-state index contributed by atoms with van der Waals surface area (Å²) in [6.45, 7) is 2.80. The van der Waals surface area contributed by atoms with Gasteiger partial charge in [-0.3, -0.25) is 4.79 Å². The standard InChI is InChI=1S/C34H32F3N5O2/c1-21-5-8-24(18-28(21)23-9-13-29-25(17-23)20-39-33(38-2)41-29)32(43)40-30-19-26(34(35,36)37)10-14-31(30)44-27-11-6-22(7-12-27)15-16-42(3)4/h5-14,17-20H,15-16H2,1-4H3,(H,40,43)(H,38,39,41). The maximum atomic E-state index is 13.6. The van der Waals surface area contributed by atoms with Gasteiger partial charge in [-0.2, -0.15) is 13.2 Å². The van der Waals surface area contributed by atoms with Crippen LogP contribution in [0.5, 0.6) is 11.5 Å². The number of carbonyl (C=O) groups excluding carboxylic acids is 1. The topological polar surface area (TPSA) is 79.4 Å². The van der Waals surface area contributed by atoms with Gasteiger partial charge in [-0.25, -0.2) is 9.97 Å². The van der Waals surface area contributed by atoms with E-state index in [4.69, 9.17) is 4.74 Å². The van der Waals surface area contributed by atoms with Crippen LogP contribution in [-0.2, 0) is 12.6 Å². The molecular weight excluding hydrogens is 567 g/mol. The first-order valence-corrected chi connectivity index (χ1v) is 14.0. The lowest BCUT2D eigenvalue weighted by molar-refractivity contribution is -0.137. The first-order valence-electron chi connectivity index (χ1n) is 14.0. The van der Waals surface area contributed by atoms with Crippen LogP contribution in [0.2, 0.25) is 0 Å². The lowest BCUT2D eigenvalue weighted by Crippen LogP contribution is -2.15. The summed E-state index contributed by atoms with van der Waals surface area (Å²) in [5.74, 6) is 0.469. The van der Waals surface area contributed by atoms with Gasteiger partial charge < -0.3 is 20.3 Å². The molecule has 0 aliphatic rings. The highest BCUT2D eigenvalue weighted by Gasteiger charge is 2.31. The van der Waals surface area contributed by atoms with Gasteiger partial charge in [0.05, 0.1) is 16.8 Å². The molecule has 7 nitrogen and oxygen atoms in total. The van der Waals surface area contributed by atoms with Crippen molar-refractivity contribution >= 4 is 28.4 Å². The number of nitrogens with zero attached hydrogens (tertiary/aromatic N) is 3. The van der Waals surface area contributed by atoms with Crippen molar-refractivity contribution in [3.63, 3.8) is 0 Å². The van der Waals surface area contributed by atoms with Crippen LogP contribution in [0, 0.1) is 6.92 Å². The molecular formula is C34H32F3N5O2. The third-order valence-electron chi connectivity index (χ3n) is 7.17. The van der Waals surface area contributed by atoms with Crippen LogP contribution < -0.4 is 15.4 Å². The van der Waals surface area contributed by atoms with Gasteiger partial charge in [0.1, 0.15) is 5.75 Å². The number of aryl methyl sites for hydroxylation is 1. The van der Waals surface area contributed by atoms with E-state index in [0.717, 1.165) is 58.3 Å². The fourth-order valence-electron chi connectivity index (χ4n) is 4.69. The Hall–Kier alpha value is -4.96. The van der Waals surface area contributed by atoms with Gasteiger partial charge in [0.2, 0.25) is 5.95 Å². The van der Waals surface area contributed by atoms with Crippen LogP contribution >= 0.6 is 0 Å². The Morgan fingerprint density at radius 1 is 0.955 bits per heavy atom. The minimum absolute atomic E-state index is 0.0909. The molecule has 1 aromatic heterocycles. The molecule has 5 rings (SSSR count). The zero-order valence-corrected chi connectivity index (χ0v) is 24.8. The molecule has 0 unspecified atom stereocenters. The quantitative estimate of drug-likeness (QED) is 0.180. The molecule has 0 bridgehead atoms. The van der Waals surface area contributed by atoms with E-state index in [1.54, 1.807) is 43.6 Å². The number of amides is 1. The number of ether oxygens (including phenoxy) is 1. The van der Waals surface area contributed by atoms with E-state index >= 15 is 0 Å². The lowest BCUT2D eigenvalue weighted by Gasteiger charge is -2.16. The van der Waals surface area contributed by atoms with Gasteiger partial charge in [-0.05, 0) is 104 Å². The number of alkyl halides is 3. The minimum Gasteiger partial charge on any atom is -0.455 e. The van der Waals surface area contributed by atoms with E-state index in [2.05, 4.69) is 25.5 Å². The SMILES string of the molecule is CNc1ncc2cc(-c3cc(C(=O)Nc4cc(C(F)(F)F)ccc4Oc4ccc(CCN(C)C)cc4)ccc3C)ccc2n1. The number of likely N-dealkylation sites (N-methyl/N-ethyl adjacent to an activating group) is 1. The van der Waals surface area contributed by atoms with E-state index < -0.39 is 17.6 Å². The molecule has 2 N–H and O–H groups in total.